The highest BCUT2D eigenvalue weighted by atomic mass is 28.4. The van der Waals surface area contributed by atoms with Gasteiger partial charge in [0.25, 0.3) is 0 Å². The Morgan fingerprint density at radius 3 is 2.04 bits per heavy atom. The maximum Gasteiger partial charge on any atom is 0.407 e. The maximum absolute atomic E-state index is 13.2. The van der Waals surface area contributed by atoms with Gasteiger partial charge in [-0.25, -0.2) is 4.79 Å². The second kappa shape index (κ2) is 16.3. The number of hydrogen-bond donors (Lipinski definition) is 1. The number of rotatable bonds is 15. The number of hydrogen-bond acceptors (Lipinski definition) is 5. The monoisotopic (exact) mass is 663 g/mol. The third-order valence-corrected chi connectivity index (χ3v) is 13.9. The highest BCUT2D eigenvalue weighted by Crippen LogP contribution is 2.44. The van der Waals surface area contributed by atoms with E-state index in [1.807, 2.05) is 78.9 Å². The molecule has 1 amide bonds. The van der Waals surface area contributed by atoms with E-state index < -0.39 is 14.4 Å². The van der Waals surface area contributed by atoms with Crippen LogP contribution in [0.3, 0.4) is 0 Å². The van der Waals surface area contributed by atoms with E-state index in [1.54, 1.807) is 0 Å². The van der Waals surface area contributed by atoms with Crippen molar-refractivity contribution in [3.63, 3.8) is 0 Å². The zero-order valence-corrected chi connectivity index (χ0v) is 29.9. The molecular weight excluding hydrogens is 615 g/mol. The topological polar surface area (TPSA) is 66.0 Å². The van der Waals surface area contributed by atoms with Gasteiger partial charge in [-0.1, -0.05) is 124 Å². The van der Waals surface area contributed by atoms with Gasteiger partial charge in [-0.05, 0) is 70.1 Å². The van der Waals surface area contributed by atoms with Gasteiger partial charge in [-0.15, -0.1) is 0 Å². The van der Waals surface area contributed by atoms with E-state index in [4.69, 9.17) is 18.6 Å². The molecule has 0 unspecified atom stereocenters. The molecule has 1 N–H and O–H groups in total. The Hall–Kier alpha value is -4.17. The Morgan fingerprint density at radius 2 is 1.40 bits per heavy atom. The van der Waals surface area contributed by atoms with Crippen LogP contribution in [0.1, 0.15) is 48.9 Å². The van der Waals surface area contributed by atoms with Crippen molar-refractivity contribution in [2.45, 2.75) is 63.9 Å². The number of carbonyl (C=O) groups is 1. The molecular formula is C41H49NO5Si. The standard InChI is InChI=1S/C41H49NO5Si/c1-41(2,3)48(4,5)47-26-14-13-25-44-29-33(27-31-21-23-34(24-22-31)45-28-32-15-7-6-8-16-32)42-40(43)46-30-39-37-19-11-9-17-35(37)36-18-10-12-20-38(36)39/h6-24,33,39H,25-30H2,1-5H3,(H,42,43)/b14-13-/t33-/m0/s1. The van der Waals surface area contributed by atoms with Crippen LogP contribution in [0, 0.1) is 0 Å². The summed E-state index contributed by atoms with van der Waals surface area (Å²) in [6.07, 6.45) is 4.13. The average Bonchev–Trinajstić information content (AvgIpc) is 3.40. The van der Waals surface area contributed by atoms with Gasteiger partial charge in [0, 0.05) is 5.92 Å². The van der Waals surface area contributed by atoms with Gasteiger partial charge in [0.15, 0.2) is 8.32 Å². The van der Waals surface area contributed by atoms with E-state index in [9.17, 15) is 4.79 Å². The predicted molar refractivity (Wildman–Crippen MR) is 196 cm³/mol. The molecule has 0 radical (unpaired) electrons. The van der Waals surface area contributed by atoms with Crippen molar-refractivity contribution in [1.29, 1.82) is 0 Å². The van der Waals surface area contributed by atoms with Crippen molar-refractivity contribution in [2.75, 3.05) is 26.4 Å². The molecule has 1 aliphatic rings. The molecule has 4 aromatic carbocycles. The Bertz CT molecular complexity index is 1600. The molecule has 0 aliphatic heterocycles. The first kappa shape index (κ1) is 35.1. The first-order valence-electron chi connectivity index (χ1n) is 16.8. The quantitative estimate of drug-likeness (QED) is 0.0780. The van der Waals surface area contributed by atoms with Gasteiger partial charge in [-0.3, -0.25) is 0 Å². The lowest BCUT2D eigenvalue weighted by Gasteiger charge is -2.35. The maximum atomic E-state index is 13.2. The van der Waals surface area contributed by atoms with Crippen molar-refractivity contribution in [3.05, 3.63) is 138 Å². The van der Waals surface area contributed by atoms with Gasteiger partial charge in [0.05, 0.1) is 25.9 Å². The predicted octanol–water partition coefficient (Wildman–Crippen LogP) is 9.31. The molecule has 0 aromatic heterocycles. The molecule has 5 rings (SSSR count). The van der Waals surface area contributed by atoms with Gasteiger partial charge in [0.1, 0.15) is 19.0 Å². The molecule has 252 valence electrons. The van der Waals surface area contributed by atoms with Crippen LogP contribution in [0.25, 0.3) is 11.1 Å². The molecule has 0 spiro atoms. The van der Waals surface area contributed by atoms with Crippen molar-refractivity contribution in [3.8, 4) is 16.9 Å². The van der Waals surface area contributed by atoms with Crippen LogP contribution in [0.4, 0.5) is 4.79 Å². The van der Waals surface area contributed by atoms with Crippen LogP contribution in [-0.4, -0.2) is 46.9 Å². The number of nitrogens with one attached hydrogen (secondary N) is 1. The summed E-state index contributed by atoms with van der Waals surface area (Å²) in [4.78, 5) is 13.2. The summed E-state index contributed by atoms with van der Waals surface area (Å²) in [6, 6.07) is 34.5. The van der Waals surface area contributed by atoms with E-state index in [1.165, 1.54) is 22.3 Å². The fraction of sp³-hybridized carbons (Fsp3) is 0.341. The lowest BCUT2D eigenvalue weighted by Crippen LogP contribution is -2.40. The van der Waals surface area contributed by atoms with E-state index in [0.29, 0.717) is 32.8 Å². The zero-order chi connectivity index (χ0) is 34.0. The molecule has 0 saturated heterocycles. The van der Waals surface area contributed by atoms with Gasteiger partial charge >= 0.3 is 6.09 Å². The van der Waals surface area contributed by atoms with E-state index in [0.717, 1.165) is 16.9 Å². The lowest BCUT2D eigenvalue weighted by molar-refractivity contribution is 0.112. The Balaban J connectivity index is 1.17. The Labute approximate surface area is 287 Å². The van der Waals surface area contributed by atoms with Crippen molar-refractivity contribution >= 4 is 14.4 Å². The van der Waals surface area contributed by atoms with E-state index in [-0.39, 0.29) is 23.6 Å². The van der Waals surface area contributed by atoms with E-state index >= 15 is 0 Å². The number of carbonyl (C=O) groups excluding carboxylic acids is 1. The summed E-state index contributed by atoms with van der Waals surface area (Å²) < 4.78 is 24.1. The second-order valence-electron chi connectivity index (χ2n) is 13.9. The number of ether oxygens (including phenoxy) is 3. The van der Waals surface area contributed by atoms with Crippen LogP contribution in [0.2, 0.25) is 18.1 Å². The minimum atomic E-state index is -1.80. The number of alkyl carbamates (subject to hydrolysis) is 1. The SMILES string of the molecule is CC(C)(C)[Si](C)(C)OC/C=C\COC[C@H](Cc1ccc(OCc2ccccc2)cc1)NC(=O)OCC1c2ccccc2-c2ccccc21. The lowest BCUT2D eigenvalue weighted by atomic mass is 9.98. The summed E-state index contributed by atoms with van der Waals surface area (Å²) in [5.74, 6) is 0.796. The zero-order valence-electron chi connectivity index (χ0n) is 28.9. The van der Waals surface area contributed by atoms with Crippen molar-refractivity contribution < 1.29 is 23.4 Å². The first-order valence-corrected chi connectivity index (χ1v) is 19.8. The number of fused-ring (bicyclic) bond motifs is 3. The fourth-order valence-electron chi connectivity index (χ4n) is 5.59. The summed E-state index contributed by atoms with van der Waals surface area (Å²) in [6.45, 7) is 13.3. The second-order valence-corrected chi connectivity index (χ2v) is 18.7. The van der Waals surface area contributed by atoms with E-state index in [2.05, 4.69) is 75.6 Å². The third kappa shape index (κ3) is 9.46. The summed E-state index contributed by atoms with van der Waals surface area (Å²) >= 11 is 0. The summed E-state index contributed by atoms with van der Waals surface area (Å²) in [5.41, 5.74) is 6.95. The molecule has 1 atom stereocenters. The van der Waals surface area contributed by atoms with Crippen LogP contribution < -0.4 is 10.1 Å². The largest absolute Gasteiger partial charge is 0.489 e. The number of benzene rings is 4. The Kier molecular flexibility index (Phi) is 11.9. The minimum absolute atomic E-state index is 0.0000384. The Morgan fingerprint density at radius 1 is 0.792 bits per heavy atom. The summed E-state index contributed by atoms with van der Waals surface area (Å²) in [5, 5.41) is 3.24. The normalized spacial score (nSPS) is 13.6. The molecule has 1 aliphatic carbocycles. The third-order valence-electron chi connectivity index (χ3n) is 9.37. The molecule has 7 heteroatoms. The number of amides is 1. The minimum Gasteiger partial charge on any atom is -0.489 e. The van der Waals surface area contributed by atoms with Gasteiger partial charge < -0.3 is 24.0 Å². The highest BCUT2D eigenvalue weighted by molar-refractivity contribution is 6.74. The highest BCUT2D eigenvalue weighted by Gasteiger charge is 2.36. The summed E-state index contributed by atoms with van der Waals surface area (Å²) in [7, 11) is -1.80. The molecule has 48 heavy (non-hydrogen) atoms. The molecule has 0 bridgehead atoms. The molecule has 0 saturated carbocycles. The van der Waals surface area contributed by atoms with Gasteiger partial charge in [0.2, 0.25) is 0 Å². The smallest absolute Gasteiger partial charge is 0.407 e. The molecule has 4 aromatic rings. The van der Waals surface area contributed by atoms with Crippen LogP contribution in [0.15, 0.2) is 115 Å². The van der Waals surface area contributed by atoms with Crippen LogP contribution >= 0.6 is 0 Å². The average molecular weight is 664 g/mol. The van der Waals surface area contributed by atoms with Crippen molar-refractivity contribution in [1.82, 2.24) is 5.32 Å². The molecule has 0 heterocycles. The van der Waals surface area contributed by atoms with Crippen LogP contribution in [-0.2, 0) is 26.9 Å². The fourth-order valence-corrected chi connectivity index (χ4v) is 6.54. The molecule has 0 fully saturated rings. The molecule has 6 nitrogen and oxygen atoms in total. The van der Waals surface area contributed by atoms with Gasteiger partial charge in [-0.2, -0.15) is 0 Å². The van der Waals surface area contributed by atoms with Crippen molar-refractivity contribution in [2.24, 2.45) is 0 Å². The first-order chi connectivity index (χ1) is 23.1. The van der Waals surface area contributed by atoms with Crippen LogP contribution in [0.5, 0.6) is 5.75 Å².